The summed E-state index contributed by atoms with van der Waals surface area (Å²) in [5.41, 5.74) is 3.06. The van der Waals surface area contributed by atoms with Crippen molar-refractivity contribution in [1.29, 1.82) is 0 Å². The summed E-state index contributed by atoms with van der Waals surface area (Å²) in [5.74, 6) is 7.32. The standard InChI is InChI=1S/C13H18N4O/c14-16-12-11(5-2-6-15-12)13(18)17-7-9-3-1-4-10(9)8-17/h2,5-6,9-10H,1,3-4,7-8,14H2,(H,15,16). The molecule has 2 heterocycles. The van der Waals surface area contributed by atoms with Crippen LogP contribution >= 0.6 is 0 Å². The highest BCUT2D eigenvalue weighted by Gasteiger charge is 2.38. The highest BCUT2D eigenvalue weighted by molar-refractivity contribution is 5.98. The second kappa shape index (κ2) is 4.57. The van der Waals surface area contributed by atoms with Crippen LogP contribution in [-0.4, -0.2) is 28.9 Å². The lowest BCUT2D eigenvalue weighted by Gasteiger charge is -2.18. The number of aromatic nitrogens is 1. The molecule has 5 nitrogen and oxygen atoms in total. The lowest BCUT2D eigenvalue weighted by molar-refractivity contribution is 0.0781. The van der Waals surface area contributed by atoms with E-state index in [4.69, 9.17) is 5.84 Å². The fraction of sp³-hybridized carbons (Fsp3) is 0.538. The number of hydrogen-bond donors (Lipinski definition) is 2. The van der Waals surface area contributed by atoms with Crippen molar-refractivity contribution in [3.63, 3.8) is 0 Å². The third-order valence-electron chi connectivity index (χ3n) is 4.19. The molecule has 2 fully saturated rings. The quantitative estimate of drug-likeness (QED) is 0.608. The molecule has 1 saturated carbocycles. The first-order valence-electron chi connectivity index (χ1n) is 6.50. The number of carbonyl (C=O) groups is 1. The molecule has 0 radical (unpaired) electrons. The van der Waals surface area contributed by atoms with Gasteiger partial charge in [-0.3, -0.25) is 4.79 Å². The largest absolute Gasteiger partial charge is 0.338 e. The van der Waals surface area contributed by atoms with E-state index in [1.807, 2.05) is 4.90 Å². The molecule has 3 N–H and O–H groups in total. The maximum atomic E-state index is 12.4. The van der Waals surface area contributed by atoms with Crippen LogP contribution in [0.1, 0.15) is 29.6 Å². The van der Waals surface area contributed by atoms with Gasteiger partial charge in [0, 0.05) is 19.3 Å². The van der Waals surface area contributed by atoms with Gasteiger partial charge in [-0.25, -0.2) is 10.8 Å². The topological polar surface area (TPSA) is 71.2 Å². The molecule has 1 amide bonds. The molecular weight excluding hydrogens is 228 g/mol. The van der Waals surface area contributed by atoms with Crippen molar-refractivity contribution in [3.05, 3.63) is 23.9 Å². The van der Waals surface area contributed by atoms with Gasteiger partial charge < -0.3 is 10.3 Å². The molecule has 0 bridgehead atoms. The van der Waals surface area contributed by atoms with E-state index < -0.39 is 0 Å². The molecule has 1 aliphatic heterocycles. The van der Waals surface area contributed by atoms with Crippen molar-refractivity contribution in [2.24, 2.45) is 17.7 Å². The first-order chi connectivity index (χ1) is 8.79. The maximum absolute atomic E-state index is 12.4. The summed E-state index contributed by atoms with van der Waals surface area (Å²) >= 11 is 0. The number of nitrogen functional groups attached to an aromatic ring is 1. The maximum Gasteiger partial charge on any atom is 0.257 e. The molecule has 0 spiro atoms. The Morgan fingerprint density at radius 3 is 2.78 bits per heavy atom. The lowest BCUT2D eigenvalue weighted by Crippen LogP contribution is -2.30. The molecular formula is C13H18N4O. The van der Waals surface area contributed by atoms with Gasteiger partial charge in [0.1, 0.15) is 0 Å². The Balaban J connectivity index is 1.79. The van der Waals surface area contributed by atoms with Gasteiger partial charge in [-0.1, -0.05) is 6.42 Å². The third kappa shape index (κ3) is 1.84. The van der Waals surface area contributed by atoms with E-state index in [-0.39, 0.29) is 5.91 Å². The van der Waals surface area contributed by atoms with Crippen molar-refractivity contribution in [3.8, 4) is 0 Å². The number of hydrogen-bond acceptors (Lipinski definition) is 4. The summed E-state index contributed by atoms with van der Waals surface area (Å²) in [5, 5.41) is 0. The zero-order valence-corrected chi connectivity index (χ0v) is 10.3. The number of nitrogens with two attached hydrogens (primary N) is 1. The van der Waals surface area contributed by atoms with Crippen molar-refractivity contribution >= 4 is 11.7 Å². The van der Waals surface area contributed by atoms with Crippen LogP contribution in [0, 0.1) is 11.8 Å². The van der Waals surface area contributed by atoms with Crippen LogP contribution in [0.4, 0.5) is 5.82 Å². The summed E-state index contributed by atoms with van der Waals surface area (Å²) < 4.78 is 0. The molecule has 2 aliphatic rings. The number of fused-ring (bicyclic) bond motifs is 1. The van der Waals surface area contributed by atoms with Gasteiger partial charge in [0.05, 0.1) is 5.56 Å². The predicted octanol–water partition coefficient (Wildman–Crippen LogP) is 1.24. The molecule has 96 valence electrons. The Hall–Kier alpha value is -1.62. The Morgan fingerprint density at radius 1 is 1.39 bits per heavy atom. The highest BCUT2D eigenvalue weighted by atomic mass is 16.2. The summed E-state index contributed by atoms with van der Waals surface area (Å²) in [6.07, 6.45) is 5.48. The average molecular weight is 246 g/mol. The summed E-state index contributed by atoms with van der Waals surface area (Å²) in [6, 6.07) is 3.55. The van der Waals surface area contributed by atoms with E-state index in [9.17, 15) is 4.79 Å². The summed E-state index contributed by atoms with van der Waals surface area (Å²) in [4.78, 5) is 18.5. The number of hydrazine groups is 1. The third-order valence-corrected chi connectivity index (χ3v) is 4.19. The number of pyridine rings is 1. The number of nitrogens with one attached hydrogen (secondary N) is 1. The van der Waals surface area contributed by atoms with Gasteiger partial charge >= 0.3 is 0 Å². The molecule has 5 heteroatoms. The normalized spacial score (nSPS) is 26.2. The zero-order valence-electron chi connectivity index (χ0n) is 10.3. The highest BCUT2D eigenvalue weighted by Crippen LogP contribution is 2.38. The second-order valence-corrected chi connectivity index (χ2v) is 5.21. The fourth-order valence-corrected chi connectivity index (χ4v) is 3.26. The Bertz CT molecular complexity index is 450. The van der Waals surface area contributed by atoms with Gasteiger partial charge in [-0.15, -0.1) is 0 Å². The van der Waals surface area contributed by atoms with E-state index in [1.165, 1.54) is 19.3 Å². The van der Waals surface area contributed by atoms with Crippen molar-refractivity contribution in [2.75, 3.05) is 18.5 Å². The number of amides is 1. The lowest BCUT2D eigenvalue weighted by atomic mass is 10.0. The minimum atomic E-state index is 0.0467. The van der Waals surface area contributed by atoms with E-state index in [2.05, 4.69) is 10.4 Å². The number of nitrogens with zero attached hydrogens (tertiary/aromatic N) is 2. The number of rotatable bonds is 2. The molecule has 2 unspecified atom stereocenters. The van der Waals surface area contributed by atoms with Gasteiger partial charge in [0.15, 0.2) is 5.82 Å². The molecule has 2 atom stereocenters. The Kier molecular flexibility index (Phi) is 2.91. The first-order valence-corrected chi connectivity index (χ1v) is 6.50. The molecule has 18 heavy (non-hydrogen) atoms. The molecule has 1 aliphatic carbocycles. The van der Waals surface area contributed by atoms with Crippen molar-refractivity contribution < 1.29 is 4.79 Å². The average Bonchev–Trinajstić information content (AvgIpc) is 2.98. The predicted molar refractivity (Wildman–Crippen MR) is 68.8 cm³/mol. The van der Waals surface area contributed by atoms with Gasteiger partial charge in [0.2, 0.25) is 0 Å². The van der Waals surface area contributed by atoms with E-state index in [0.717, 1.165) is 13.1 Å². The zero-order chi connectivity index (χ0) is 12.5. The summed E-state index contributed by atoms with van der Waals surface area (Å²) in [7, 11) is 0. The van der Waals surface area contributed by atoms with E-state index >= 15 is 0 Å². The van der Waals surface area contributed by atoms with E-state index in [0.29, 0.717) is 23.2 Å². The molecule has 1 saturated heterocycles. The molecule has 1 aromatic rings. The van der Waals surface area contributed by atoms with Crippen LogP contribution in [0.25, 0.3) is 0 Å². The van der Waals surface area contributed by atoms with E-state index in [1.54, 1.807) is 18.3 Å². The van der Waals surface area contributed by atoms with Crippen LogP contribution in [0.3, 0.4) is 0 Å². The smallest absolute Gasteiger partial charge is 0.257 e. The number of anilines is 1. The Morgan fingerprint density at radius 2 is 2.11 bits per heavy atom. The van der Waals surface area contributed by atoms with Gasteiger partial charge in [0.25, 0.3) is 5.91 Å². The minimum absolute atomic E-state index is 0.0467. The van der Waals surface area contributed by atoms with Crippen molar-refractivity contribution in [2.45, 2.75) is 19.3 Å². The second-order valence-electron chi connectivity index (χ2n) is 5.21. The monoisotopic (exact) mass is 246 g/mol. The molecule has 1 aromatic heterocycles. The Labute approximate surface area is 106 Å². The minimum Gasteiger partial charge on any atom is -0.338 e. The van der Waals surface area contributed by atoms with Crippen LogP contribution < -0.4 is 11.3 Å². The first kappa shape index (κ1) is 11.5. The van der Waals surface area contributed by atoms with Crippen LogP contribution in [0.15, 0.2) is 18.3 Å². The number of carbonyl (C=O) groups excluding carboxylic acids is 1. The van der Waals surface area contributed by atoms with Gasteiger partial charge in [-0.05, 0) is 36.8 Å². The fourth-order valence-electron chi connectivity index (χ4n) is 3.26. The molecule has 0 aromatic carbocycles. The molecule has 3 rings (SSSR count). The van der Waals surface area contributed by atoms with Crippen LogP contribution in [-0.2, 0) is 0 Å². The van der Waals surface area contributed by atoms with Gasteiger partial charge in [-0.2, -0.15) is 0 Å². The van der Waals surface area contributed by atoms with Crippen LogP contribution in [0.2, 0.25) is 0 Å². The number of likely N-dealkylation sites (tertiary alicyclic amines) is 1. The van der Waals surface area contributed by atoms with Crippen LogP contribution in [0.5, 0.6) is 0 Å². The summed E-state index contributed by atoms with van der Waals surface area (Å²) in [6.45, 7) is 1.78. The SMILES string of the molecule is NNc1ncccc1C(=O)N1CC2CCCC2C1. The van der Waals surface area contributed by atoms with Crippen molar-refractivity contribution in [1.82, 2.24) is 9.88 Å².